The lowest BCUT2D eigenvalue weighted by Crippen LogP contribution is -2.44. The summed E-state index contributed by atoms with van der Waals surface area (Å²) >= 11 is 0. The van der Waals surface area contributed by atoms with Crippen LogP contribution in [0.15, 0.2) is 23.1 Å². The van der Waals surface area contributed by atoms with Crippen molar-refractivity contribution in [2.45, 2.75) is 44.6 Å². The molecule has 0 amide bonds. The number of nitrogens with zero attached hydrogens (tertiary/aromatic N) is 1. The van der Waals surface area contributed by atoms with E-state index >= 15 is 0 Å². The van der Waals surface area contributed by atoms with Crippen LogP contribution in [0.2, 0.25) is 0 Å². The first kappa shape index (κ1) is 14.3. The zero-order valence-electron chi connectivity index (χ0n) is 11.8. The molecule has 2 N–H and O–H groups in total. The van der Waals surface area contributed by atoms with E-state index < -0.39 is 10.0 Å². The van der Waals surface area contributed by atoms with Crippen LogP contribution in [0.3, 0.4) is 0 Å². The zero-order valence-corrected chi connectivity index (χ0v) is 12.6. The largest absolute Gasteiger partial charge is 0.398 e. The molecule has 106 valence electrons. The second kappa shape index (κ2) is 5.13. The van der Waals surface area contributed by atoms with Crippen LogP contribution in [0, 0.1) is 12.8 Å². The van der Waals surface area contributed by atoms with Gasteiger partial charge in [-0.25, -0.2) is 8.42 Å². The molecule has 2 rings (SSSR count). The Balaban J connectivity index is 2.43. The molecule has 1 heterocycles. The molecule has 1 aromatic carbocycles. The Morgan fingerprint density at radius 1 is 1.32 bits per heavy atom. The number of nitrogens with two attached hydrogens (primary N) is 1. The molecule has 1 aromatic rings. The summed E-state index contributed by atoms with van der Waals surface area (Å²) < 4.78 is 27.2. The molecule has 0 aromatic heterocycles. The highest BCUT2D eigenvalue weighted by Crippen LogP contribution is 2.31. The highest BCUT2D eigenvalue weighted by atomic mass is 32.2. The summed E-state index contributed by atoms with van der Waals surface area (Å²) in [6.07, 6.45) is 1.82. The molecule has 1 saturated heterocycles. The minimum atomic E-state index is -3.49. The minimum Gasteiger partial charge on any atom is -0.398 e. The molecule has 1 aliphatic heterocycles. The first-order valence-electron chi connectivity index (χ1n) is 6.71. The number of rotatable bonds is 2. The van der Waals surface area contributed by atoms with Crippen molar-refractivity contribution in [1.82, 2.24) is 4.31 Å². The number of nitrogen functional groups attached to an aromatic ring is 1. The Hall–Kier alpha value is -1.07. The fourth-order valence-corrected chi connectivity index (χ4v) is 4.87. The van der Waals surface area contributed by atoms with E-state index in [9.17, 15) is 8.42 Å². The third-order valence-corrected chi connectivity index (χ3v) is 6.12. The van der Waals surface area contributed by atoms with Crippen LogP contribution in [-0.2, 0) is 10.0 Å². The Morgan fingerprint density at radius 3 is 2.58 bits per heavy atom. The Morgan fingerprint density at radius 2 is 2.00 bits per heavy atom. The smallest absolute Gasteiger partial charge is 0.245 e. The van der Waals surface area contributed by atoms with Crippen molar-refractivity contribution in [3.05, 3.63) is 23.8 Å². The van der Waals surface area contributed by atoms with Gasteiger partial charge in [-0.15, -0.1) is 0 Å². The second-order valence-electron chi connectivity index (χ2n) is 5.59. The average molecular weight is 282 g/mol. The van der Waals surface area contributed by atoms with Crippen LogP contribution in [0.1, 0.15) is 32.3 Å². The van der Waals surface area contributed by atoms with Gasteiger partial charge in [0, 0.05) is 12.6 Å². The van der Waals surface area contributed by atoms with Crippen LogP contribution < -0.4 is 5.73 Å². The van der Waals surface area contributed by atoms with Gasteiger partial charge < -0.3 is 5.73 Å². The fraction of sp³-hybridized carbons (Fsp3) is 0.571. The molecule has 0 radical (unpaired) electrons. The summed E-state index contributed by atoms with van der Waals surface area (Å²) in [4.78, 5) is 0.274. The monoisotopic (exact) mass is 282 g/mol. The maximum Gasteiger partial charge on any atom is 0.245 e. The molecule has 1 fully saturated rings. The van der Waals surface area contributed by atoms with Crippen molar-refractivity contribution < 1.29 is 8.42 Å². The number of sulfonamides is 1. The van der Waals surface area contributed by atoms with Gasteiger partial charge in [-0.1, -0.05) is 19.1 Å². The first-order valence-corrected chi connectivity index (χ1v) is 8.15. The maximum absolute atomic E-state index is 12.8. The molecular weight excluding hydrogens is 260 g/mol. The van der Waals surface area contributed by atoms with Crippen molar-refractivity contribution in [1.29, 1.82) is 0 Å². The third kappa shape index (κ3) is 2.62. The van der Waals surface area contributed by atoms with Crippen LogP contribution in [0.4, 0.5) is 5.69 Å². The molecule has 5 heteroatoms. The van der Waals surface area contributed by atoms with E-state index in [-0.39, 0.29) is 10.9 Å². The normalized spacial score (nSPS) is 25.4. The van der Waals surface area contributed by atoms with Crippen molar-refractivity contribution in [3.8, 4) is 0 Å². The molecular formula is C14H22N2O2S. The molecule has 4 nitrogen and oxygen atoms in total. The van der Waals surface area contributed by atoms with Crippen LogP contribution in [-0.4, -0.2) is 25.3 Å². The van der Waals surface area contributed by atoms with Gasteiger partial charge in [0.2, 0.25) is 10.0 Å². The minimum absolute atomic E-state index is 0.0350. The molecule has 19 heavy (non-hydrogen) atoms. The van der Waals surface area contributed by atoms with Gasteiger partial charge in [-0.3, -0.25) is 0 Å². The second-order valence-corrected chi connectivity index (χ2v) is 7.41. The Kier molecular flexibility index (Phi) is 3.87. The first-order chi connectivity index (χ1) is 8.84. The summed E-state index contributed by atoms with van der Waals surface area (Å²) in [5.41, 5.74) is 6.93. The molecule has 0 bridgehead atoms. The topological polar surface area (TPSA) is 63.4 Å². The van der Waals surface area contributed by atoms with Gasteiger partial charge >= 0.3 is 0 Å². The summed E-state index contributed by atoms with van der Waals surface area (Å²) in [6.45, 7) is 6.52. The lowest BCUT2D eigenvalue weighted by Gasteiger charge is -2.35. The quantitative estimate of drug-likeness (QED) is 0.847. The molecule has 2 unspecified atom stereocenters. The van der Waals surface area contributed by atoms with E-state index in [1.165, 1.54) is 0 Å². The zero-order chi connectivity index (χ0) is 14.2. The van der Waals surface area contributed by atoms with Gasteiger partial charge in [-0.2, -0.15) is 4.31 Å². The van der Waals surface area contributed by atoms with E-state index in [0.717, 1.165) is 12.8 Å². The summed E-state index contributed by atoms with van der Waals surface area (Å²) in [5.74, 6) is 0.579. The summed E-state index contributed by atoms with van der Waals surface area (Å²) in [6, 6.07) is 5.26. The van der Waals surface area contributed by atoms with Gasteiger partial charge in [-0.05, 0) is 44.2 Å². The Bertz CT molecular complexity index is 549. The number of anilines is 1. The van der Waals surface area contributed by atoms with Gasteiger partial charge in [0.15, 0.2) is 0 Å². The maximum atomic E-state index is 12.8. The van der Waals surface area contributed by atoms with Crippen LogP contribution in [0.5, 0.6) is 0 Å². The average Bonchev–Trinajstić information content (AvgIpc) is 2.27. The van der Waals surface area contributed by atoms with Gasteiger partial charge in [0.25, 0.3) is 0 Å². The number of hydrogen-bond donors (Lipinski definition) is 1. The van der Waals surface area contributed by atoms with Crippen LogP contribution in [0.25, 0.3) is 0 Å². The van der Waals surface area contributed by atoms with Crippen molar-refractivity contribution in [2.75, 3.05) is 12.3 Å². The number of aryl methyl sites for hydroxylation is 1. The van der Waals surface area contributed by atoms with Gasteiger partial charge in [0.1, 0.15) is 4.90 Å². The van der Waals surface area contributed by atoms with E-state index in [1.807, 2.05) is 6.92 Å². The Labute approximate surface area is 115 Å². The lowest BCUT2D eigenvalue weighted by atomic mass is 9.95. The van der Waals surface area contributed by atoms with E-state index in [4.69, 9.17) is 5.73 Å². The number of hydrogen-bond acceptors (Lipinski definition) is 3. The van der Waals surface area contributed by atoms with E-state index in [1.54, 1.807) is 29.4 Å². The van der Waals surface area contributed by atoms with E-state index in [0.29, 0.717) is 23.7 Å². The van der Waals surface area contributed by atoms with Crippen molar-refractivity contribution in [2.24, 2.45) is 5.92 Å². The van der Waals surface area contributed by atoms with Gasteiger partial charge in [0.05, 0.1) is 5.69 Å². The highest BCUT2D eigenvalue weighted by Gasteiger charge is 2.34. The molecule has 0 aliphatic carbocycles. The van der Waals surface area contributed by atoms with E-state index in [2.05, 4.69) is 6.92 Å². The molecule has 0 saturated carbocycles. The molecule has 0 spiro atoms. The molecule has 1 aliphatic rings. The number of piperidine rings is 1. The van der Waals surface area contributed by atoms with Crippen molar-refractivity contribution in [3.63, 3.8) is 0 Å². The number of benzene rings is 1. The predicted octanol–water partition coefficient (Wildman–Crippen LogP) is 2.39. The van der Waals surface area contributed by atoms with Crippen LogP contribution >= 0.6 is 0 Å². The highest BCUT2D eigenvalue weighted by molar-refractivity contribution is 7.89. The van der Waals surface area contributed by atoms with Crippen molar-refractivity contribution >= 4 is 15.7 Å². The molecule has 2 atom stereocenters. The predicted molar refractivity (Wildman–Crippen MR) is 77.3 cm³/mol. The summed E-state index contributed by atoms with van der Waals surface area (Å²) in [7, 11) is -3.49. The standard InChI is InChI=1S/C14H22N2O2S/c1-10-7-8-16(12(3)9-10)19(17,18)14-11(2)5-4-6-13(14)15/h4-6,10,12H,7-9,15H2,1-3H3. The summed E-state index contributed by atoms with van der Waals surface area (Å²) in [5, 5.41) is 0. The SMILES string of the molecule is Cc1cccc(N)c1S(=O)(=O)N1CCC(C)CC1C. The third-order valence-electron chi connectivity index (χ3n) is 3.89. The fourth-order valence-electron chi connectivity index (χ4n) is 2.89. The lowest BCUT2D eigenvalue weighted by molar-refractivity contribution is 0.220.